The minimum absolute atomic E-state index is 0.0279. The molecule has 10 nitrogen and oxygen atoms in total. The average molecular weight is 458 g/mol. The summed E-state index contributed by atoms with van der Waals surface area (Å²) < 4.78 is 28.4. The Morgan fingerprint density at radius 1 is 1.03 bits per heavy atom. The zero-order valence-corrected chi connectivity index (χ0v) is 18.2. The molecule has 1 aromatic heterocycles. The Balaban J connectivity index is 1.54. The van der Waals surface area contributed by atoms with Crippen molar-refractivity contribution in [1.29, 1.82) is 0 Å². The zero-order chi connectivity index (χ0) is 22.9. The number of hydrogen-bond donors (Lipinski definition) is 4. The molecule has 0 bridgehead atoms. The largest absolute Gasteiger partial charge is 0.353 e. The van der Waals surface area contributed by atoms with Gasteiger partial charge in [-0.25, -0.2) is 13.2 Å². The summed E-state index contributed by atoms with van der Waals surface area (Å²) in [5, 5.41) is 2.86. The number of nitrogens with one attached hydrogen (secondary N) is 4. The fourth-order valence-corrected chi connectivity index (χ4v) is 4.93. The molecular formula is C21H23N5O5S. The van der Waals surface area contributed by atoms with E-state index in [1.165, 1.54) is 31.2 Å². The maximum Gasteiger partial charge on any atom is 0.323 e. The molecule has 0 atom stereocenters. The molecule has 2 amide bonds. The first-order valence-corrected chi connectivity index (χ1v) is 11.6. The molecule has 4 N–H and O–H groups in total. The minimum Gasteiger partial charge on any atom is -0.353 e. The summed E-state index contributed by atoms with van der Waals surface area (Å²) in [6.07, 6.45) is 1.27. The van der Waals surface area contributed by atoms with Gasteiger partial charge in [0.25, 0.3) is 15.9 Å². The van der Waals surface area contributed by atoms with Crippen LogP contribution < -0.4 is 15.7 Å². The van der Waals surface area contributed by atoms with Gasteiger partial charge in [-0.3, -0.25) is 14.3 Å². The van der Waals surface area contributed by atoms with Crippen LogP contribution in [0.4, 0.5) is 5.69 Å². The Labute approximate surface area is 184 Å². The molecule has 0 spiro atoms. The summed E-state index contributed by atoms with van der Waals surface area (Å²) in [4.78, 5) is 42.5. The molecule has 1 saturated heterocycles. The lowest BCUT2D eigenvalue weighted by Gasteiger charge is -2.32. The highest BCUT2D eigenvalue weighted by molar-refractivity contribution is 7.92. The van der Waals surface area contributed by atoms with E-state index in [4.69, 9.17) is 0 Å². The van der Waals surface area contributed by atoms with Crippen LogP contribution in [-0.4, -0.2) is 54.2 Å². The number of likely N-dealkylation sites (tertiary alicyclic amines) is 1. The second-order valence-electron chi connectivity index (χ2n) is 7.70. The number of hydrogen-bond acceptors (Lipinski definition) is 5. The van der Waals surface area contributed by atoms with E-state index in [0.717, 1.165) is 0 Å². The summed E-state index contributed by atoms with van der Waals surface area (Å²) in [7, 11) is -4.01. The second-order valence-corrected chi connectivity index (χ2v) is 9.39. The van der Waals surface area contributed by atoms with Gasteiger partial charge in [0.15, 0.2) is 0 Å². The lowest BCUT2D eigenvalue weighted by Crippen LogP contribution is -2.46. The molecular weight excluding hydrogens is 434 g/mol. The summed E-state index contributed by atoms with van der Waals surface area (Å²) in [6.45, 7) is 2.39. The van der Waals surface area contributed by atoms with Gasteiger partial charge in [0.05, 0.1) is 27.2 Å². The molecule has 0 saturated carbocycles. The van der Waals surface area contributed by atoms with Crippen LogP contribution in [0.15, 0.2) is 52.2 Å². The van der Waals surface area contributed by atoms with Crippen LogP contribution in [0.2, 0.25) is 0 Å². The van der Waals surface area contributed by atoms with E-state index in [9.17, 15) is 22.8 Å². The lowest BCUT2D eigenvalue weighted by atomic mass is 10.0. The number of imidazole rings is 1. The van der Waals surface area contributed by atoms with Crippen molar-refractivity contribution in [2.24, 2.45) is 0 Å². The Bertz CT molecular complexity index is 1340. The van der Waals surface area contributed by atoms with E-state index in [2.05, 4.69) is 20.0 Å². The highest BCUT2D eigenvalue weighted by atomic mass is 32.2. The topological polar surface area (TPSA) is 144 Å². The molecule has 1 aliphatic rings. The molecule has 2 heterocycles. The van der Waals surface area contributed by atoms with Crippen molar-refractivity contribution < 1.29 is 18.0 Å². The van der Waals surface area contributed by atoms with Gasteiger partial charge in [0.1, 0.15) is 0 Å². The van der Waals surface area contributed by atoms with Gasteiger partial charge >= 0.3 is 5.69 Å². The molecule has 0 aliphatic carbocycles. The molecule has 1 fully saturated rings. The van der Waals surface area contributed by atoms with Crippen LogP contribution in [0, 0.1) is 0 Å². The molecule has 3 aromatic rings. The number of rotatable bonds is 5. The van der Waals surface area contributed by atoms with Gasteiger partial charge in [-0.15, -0.1) is 0 Å². The molecule has 2 aromatic carbocycles. The van der Waals surface area contributed by atoms with Crippen LogP contribution in [0.25, 0.3) is 11.0 Å². The first-order valence-electron chi connectivity index (χ1n) is 10.1. The number of nitrogens with zero attached hydrogens (tertiary/aromatic N) is 1. The van der Waals surface area contributed by atoms with E-state index in [0.29, 0.717) is 37.0 Å². The van der Waals surface area contributed by atoms with Crippen LogP contribution in [0.3, 0.4) is 0 Å². The number of H-pyrrole nitrogens is 2. The van der Waals surface area contributed by atoms with E-state index in [-0.39, 0.29) is 34.0 Å². The number of carbonyl (C=O) groups is 2. The highest BCUT2D eigenvalue weighted by Gasteiger charge is 2.26. The third-order valence-corrected chi connectivity index (χ3v) is 6.75. The molecule has 0 radical (unpaired) electrons. The number of sulfonamides is 1. The van der Waals surface area contributed by atoms with Gasteiger partial charge < -0.3 is 20.2 Å². The Hall–Kier alpha value is -3.60. The highest BCUT2D eigenvalue weighted by Crippen LogP contribution is 2.24. The van der Waals surface area contributed by atoms with E-state index < -0.39 is 15.7 Å². The molecule has 11 heteroatoms. The fourth-order valence-electron chi connectivity index (χ4n) is 3.83. The first-order chi connectivity index (χ1) is 15.2. The lowest BCUT2D eigenvalue weighted by molar-refractivity contribution is -0.119. The van der Waals surface area contributed by atoms with Gasteiger partial charge in [-0.1, -0.05) is 12.1 Å². The molecule has 1 aliphatic heterocycles. The number of aromatic amines is 2. The zero-order valence-electron chi connectivity index (χ0n) is 17.3. The Kier molecular flexibility index (Phi) is 5.74. The Morgan fingerprint density at radius 3 is 2.44 bits per heavy atom. The maximum atomic E-state index is 13.1. The molecule has 4 rings (SSSR count). The van der Waals surface area contributed by atoms with Crippen molar-refractivity contribution >= 4 is 38.6 Å². The SMILES string of the molecule is CC(=O)NC1CCN(C(=O)c2ccccc2NS(=O)(=O)c2ccc3[nH]c(=O)[nH]c3c2)CC1. The van der Waals surface area contributed by atoms with Gasteiger partial charge in [-0.2, -0.15) is 0 Å². The molecule has 32 heavy (non-hydrogen) atoms. The van der Waals surface area contributed by atoms with Gasteiger partial charge in [0, 0.05) is 26.1 Å². The van der Waals surface area contributed by atoms with Crippen molar-refractivity contribution in [2.75, 3.05) is 17.8 Å². The van der Waals surface area contributed by atoms with Gasteiger partial charge in [0.2, 0.25) is 5.91 Å². The Morgan fingerprint density at radius 2 is 1.72 bits per heavy atom. The van der Waals surface area contributed by atoms with E-state index >= 15 is 0 Å². The number of anilines is 1. The standard InChI is InChI=1S/C21H23N5O5S/c1-13(27)22-14-8-10-26(11-9-14)20(28)16-4-2-3-5-17(16)25-32(30,31)15-6-7-18-19(12-15)24-21(29)23-18/h2-7,12,14,25H,8-11H2,1H3,(H,22,27)(H2,23,24,29). The van der Waals surface area contributed by atoms with Crippen molar-refractivity contribution in [2.45, 2.75) is 30.7 Å². The quantitative estimate of drug-likeness (QED) is 0.458. The number of benzene rings is 2. The number of fused-ring (bicyclic) bond motifs is 1. The number of para-hydroxylation sites is 1. The second kappa shape index (κ2) is 8.50. The fraction of sp³-hybridized carbons (Fsp3) is 0.286. The third-order valence-electron chi connectivity index (χ3n) is 5.39. The van der Waals surface area contributed by atoms with Crippen molar-refractivity contribution in [3.63, 3.8) is 0 Å². The molecule has 168 valence electrons. The summed E-state index contributed by atoms with van der Waals surface area (Å²) in [5.41, 5.74) is 0.839. The first kappa shape index (κ1) is 21.6. The van der Waals surface area contributed by atoms with Gasteiger partial charge in [-0.05, 0) is 43.2 Å². The maximum absolute atomic E-state index is 13.1. The van der Waals surface area contributed by atoms with E-state index in [1.54, 1.807) is 23.1 Å². The summed E-state index contributed by atoms with van der Waals surface area (Å²) in [5.74, 6) is -0.383. The van der Waals surface area contributed by atoms with Crippen molar-refractivity contribution in [3.8, 4) is 0 Å². The van der Waals surface area contributed by atoms with Crippen LogP contribution in [-0.2, 0) is 14.8 Å². The number of piperidine rings is 1. The molecule has 0 unspecified atom stereocenters. The summed E-state index contributed by atoms with van der Waals surface area (Å²) >= 11 is 0. The number of aromatic nitrogens is 2. The van der Waals surface area contributed by atoms with Crippen molar-refractivity contribution in [3.05, 3.63) is 58.5 Å². The average Bonchev–Trinajstić information content (AvgIpc) is 3.13. The van der Waals surface area contributed by atoms with Crippen LogP contribution in [0.5, 0.6) is 0 Å². The smallest absolute Gasteiger partial charge is 0.323 e. The predicted molar refractivity (Wildman–Crippen MR) is 119 cm³/mol. The van der Waals surface area contributed by atoms with Crippen LogP contribution in [0.1, 0.15) is 30.1 Å². The normalized spacial score (nSPS) is 15.0. The van der Waals surface area contributed by atoms with Crippen LogP contribution >= 0.6 is 0 Å². The number of carbonyl (C=O) groups excluding carboxylic acids is 2. The predicted octanol–water partition coefficient (Wildman–Crippen LogP) is 1.40. The van der Waals surface area contributed by atoms with E-state index in [1.807, 2.05) is 0 Å². The minimum atomic E-state index is -4.01. The monoisotopic (exact) mass is 457 g/mol. The summed E-state index contributed by atoms with van der Waals surface area (Å²) in [6, 6.07) is 10.7. The van der Waals surface area contributed by atoms with Crippen molar-refractivity contribution in [1.82, 2.24) is 20.2 Å². The third kappa shape index (κ3) is 4.52. The number of amides is 2.